The molecule has 0 unspecified atom stereocenters. The quantitative estimate of drug-likeness (QED) is 0.362. The normalized spacial score (nSPS) is 10.8. The number of anilines is 1. The highest BCUT2D eigenvalue weighted by Crippen LogP contribution is 2.33. The molecule has 1 aromatic carbocycles. The summed E-state index contributed by atoms with van der Waals surface area (Å²) in [7, 11) is 0. The Kier molecular flexibility index (Phi) is 7.93. The lowest BCUT2D eigenvalue weighted by Crippen LogP contribution is -2.21. The van der Waals surface area contributed by atoms with Crippen LogP contribution in [0.1, 0.15) is 47.5 Å². The smallest absolute Gasteiger partial charge is 0.341 e. The van der Waals surface area contributed by atoms with Crippen molar-refractivity contribution in [2.75, 3.05) is 18.5 Å². The molecular formula is C22H27N5O4S. The van der Waals surface area contributed by atoms with Gasteiger partial charge in [-0.25, -0.2) is 4.79 Å². The predicted octanol–water partition coefficient (Wildman–Crippen LogP) is 4.01. The van der Waals surface area contributed by atoms with Gasteiger partial charge in [0.2, 0.25) is 11.7 Å². The standard InChI is InChI=1S/C22H27N5O4S/c1-5-7-12-31-17-10-8-16(9-11-17)20-24-26-27(25-20)13-18(28)23-21-19(22(29)30-6-2)14(3)15(4)32-21/h8-11H,5-7,12-13H2,1-4H3,(H,23,28). The summed E-state index contributed by atoms with van der Waals surface area (Å²) in [6.07, 6.45) is 2.08. The molecule has 0 radical (unpaired) electrons. The Labute approximate surface area is 190 Å². The van der Waals surface area contributed by atoms with Gasteiger partial charge < -0.3 is 14.8 Å². The molecule has 0 fully saturated rings. The SMILES string of the molecule is CCCCOc1ccc(-c2nnn(CC(=O)Nc3sc(C)c(C)c3C(=O)OCC)n2)cc1. The minimum Gasteiger partial charge on any atom is -0.494 e. The number of carbonyl (C=O) groups excluding carboxylic acids is 2. The summed E-state index contributed by atoms with van der Waals surface area (Å²) in [4.78, 5) is 27.0. The fraction of sp³-hybridized carbons (Fsp3) is 0.409. The van der Waals surface area contributed by atoms with E-state index in [-0.39, 0.29) is 19.1 Å². The van der Waals surface area contributed by atoms with Gasteiger partial charge >= 0.3 is 5.97 Å². The monoisotopic (exact) mass is 457 g/mol. The van der Waals surface area contributed by atoms with E-state index in [9.17, 15) is 9.59 Å². The molecule has 0 atom stereocenters. The molecule has 0 aliphatic heterocycles. The summed E-state index contributed by atoms with van der Waals surface area (Å²) in [5.41, 5.74) is 1.96. The van der Waals surface area contributed by atoms with Crippen molar-refractivity contribution in [3.8, 4) is 17.1 Å². The molecule has 1 N–H and O–H groups in total. The molecule has 0 saturated heterocycles. The van der Waals surface area contributed by atoms with E-state index in [1.807, 2.05) is 38.1 Å². The number of nitrogens with zero attached hydrogens (tertiary/aromatic N) is 4. The number of aryl methyl sites for hydroxylation is 1. The number of carbonyl (C=O) groups is 2. The van der Waals surface area contributed by atoms with E-state index in [0.717, 1.165) is 34.6 Å². The number of thiophene rings is 1. The second-order valence-electron chi connectivity index (χ2n) is 7.13. The van der Waals surface area contributed by atoms with Crippen LogP contribution < -0.4 is 10.1 Å². The van der Waals surface area contributed by atoms with Crippen LogP contribution in [-0.4, -0.2) is 45.3 Å². The lowest BCUT2D eigenvalue weighted by atomic mass is 10.1. The predicted molar refractivity (Wildman–Crippen MR) is 122 cm³/mol. The molecule has 32 heavy (non-hydrogen) atoms. The molecule has 10 heteroatoms. The fourth-order valence-electron chi connectivity index (χ4n) is 2.92. The Morgan fingerprint density at radius 1 is 1.16 bits per heavy atom. The van der Waals surface area contributed by atoms with Gasteiger partial charge in [0.1, 0.15) is 17.3 Å². The molecular weight excluding hydrogens is 430 g/mol. The van der Waals surface area contributed by atoms with E-state index in [4.69, 9.17) is 9.47 Å². The largest absolute Gasteiger partial charge is 0.494 e. The third-order valence-electron chi connectivity index (χ3n) is 4.73. The van der Waals surface area contributed by atoms with Crippen LogP contribution in [0.4, 0.5) is 5.00 Å². The van der Waals surface area contributed by atoms with Gasteiger partial charge in [0.15, 0.2) is 0 Å². The molecule has 2 aromatic heterocycles. The summed E-state index contributed by atoms with van der Waals surface area (Å²) >= 11 is 1.33. The number of benzene rings is 1. The van der Waals surface area contributed by atoms with Gasteiger partial charge in [-0.05, 0) is 62.2 Å². The maximum atomic E-state index is 12.5. The van der Waals surface area contributed by atoms with Gasteiger partial charge in [-0.2, -0.15) is 4.80 Å². The first-order valence-corrected chi connectivity index (χ1v) is 11.3. The minimum absolute atomic E-state index is 0.135. The molecule has 170 valence electrons. The number of amides is 1. The van der Waals surface area contributed by atoms with Crippen LogP contribution in [0.5, 0.6) is 5.75 Å². The molecule has 2 heterocycles. The molecule has 0 bridgehead atoms. The maximum absolute atomic E-state index is 12.5. The zero-order valence-electron chi connectivity index (χ0n) is 18.7. The highest BCUT2D eigenvalue weighted by molar-refractivity contribution is 7.16. The minimum atomic E-state index is -0.451. The molecule has 0 saturated carbocycles. The summed E-state index contributed by atoms with van der Waals surface area (Å²) in [6.45, 7) is 8.39. The second-order valence-corrected chi connectivity index (χ2v) is 8.35. The van der Waals surface area contributed by atoms with E-state index in [2.05, 4.69) is 27.7 Å². The first kappa shape index (κ1) is 23.4. The maximum Gasteiger partial charge on any atom is 0.341 e. The van der Waals surface area contributed by atoms with E-state index >= 15 is 0 Å². The number of aromatic nitrogens is 4. The number of esters is 1. The van der Waals surface area contributed by atoms with Crippen LogP contribution in [0, 0.1) is 13.8 Å². The van der Waals surface area contributed by atoms with Gasteiger partial charge in [0, 0.05) is 10.4 Å². The highest BCUT2D eigenvalue weighted by Gasteiger charge is 2.22. The van der Waals surface area contributed by atoms with Crippen LogP contribution in [0.2, 0.25) is 0 Å². The Balaban J connectivity index is 1.64. The molecule has 3 rings (SSSR count). The molecule has 0 aliphatic rings. The van der Waals surface area contributed by atoms with Crippen LogP contribution in [0.3, 0.4) is 0 Å². The number of nitrogens with one attached hydrogen (secondary N) is 1. The van der Waals surface area contributed by atoms with Crippen LogP contribution in [0.15, 0.2) is 24.3 Å². The Morgan fingerprint density at radius 3 is 2.59 bits per heavy atom. The highest BCUT2D eigenvalue weighted by atomic mass is 32.1. The third-order valence-corrected chi connectivity index (χ3v) is 5.86. The van der Waals surface area contributed by atoms with Gasteiger partial charge in [-0.1, -0.05) is 13.3 Å². The lowest BCUT2D eigenvalue weighted by molar-refractivity contribution is -0.117. The first-order valence-electron chi connectivity index (χ1n) is 10.5. The number of ether oxygens (including phenoxy) is 2. The average Bonchev–Trinajstić information content (AvgIpc) is 3.33. The summed E-state index contributed by atoms with van der Waals surface area (Å²) in [5, 5.41) is 15.5. The topological polar surface area (TPSA) is 108 Å². The summed E-state index contributed by atoms with van der Waals surface area (Å²) in [6, 6.07) is 7.42. The number of tetrazole rings is 1. The second kappa shape index (κ2) is 10.9. The van der Waals surface area contributed by atoms with Crippen molar-refractivity contribution in [3.63, 3.8) is 0 Å². The van der Waals surface area contributed by atoms with Gasteiger partial charge in [-0.3, -0.25) is 4.79 Å². The van der Waals surface area contributed by atoms with Crippen molar-refractivity contribution >= 4 is 28.2 Å². The zero-order valence-corrected chi connectivity index (χ0v) is 19.5. The number of hydrogen-bond acceptors (Lipinski definition) is 8. The summed E-state index contributed by atoms with van der Waals surface area (Å²) in [5.74, 6) is 0.384. The Bertz CT molecular complexity index is 1070. The Hall–Kier alpha value is -3.27. The van der Waals surface area contributed by atoms with Crippen LogP contribution in [-0.2, 0) is 16.1 Å². The Morgan fingerprint density at radius 2 is 1.91 bits per heavy atom. The van der Waals surface area contributed by atoms with E-state index in [1.165, 1.54) is 16.1 Å². The lowest BCUT2D eigenvalue weighted by Gasteiger charge is -2.06. The van der Waals surface area contributed by atoms with Gasteiger partial charge in [0.05, 0.1) is 18.8 Å². The number of rotatable bonds is 10. The molecule has 9 nitrogen and oxygen atoms in total. The molecule has 0 aliphatic carbocycles. The van der Waals surface area contributed by atoms with Gasteiger partial charge in [-0.15, -0.1) is 21.5 Å². The van der Waals surface area contributed by atoms with E-state index < -0.39 is 5.97 Å². The molecule has 1 amide bonds. The average molecular weight is 458 g/mol. The van der Waals surface area contributed by atoms with Crippen LogP contribution >= 0.6 is 11.3 Å². The van der Waals surface area contributed by atoms with Crippen molar-refractivity contribution in [2.24, 2.45) is 0 Å². The van der Waals surface area contributed by atoms with E-state index in [0.29, 0.717) is 23.0 Å². The number of hydrogen-bond donors (Lipinski definition) is 1. The third kappa shape index (κ3) is 5.70. The van der Waals surface area contributed by atoms with Crippen molar-refractivity contribution in [1.29, 1.82) is 0 Å². The van der Waals surface area contributed by atoms with Gasteiger partial charge in [0.25, 0.3) is 0 Å². The van der Waals surface area contributed by atoms with Crippen molar-refractivity contribution in [1.82, 2.24) is 20.2 Å². The molecule has 0 spiro atoms. The van der Waals surface area contributed by atoms with Crippen molar-refractivity contribution in [2.45, 2.75) is 47.1 Å². The zero-order chi connectivity index (χ0) is 23.1. The fourth-order valence-corrected chi connectivity index (χ4v) is 3.98. The van der Waals surface area contributed by atoms with Crippen LogP contribution in [0.25, 0.3) is 11.4 Å². The van der Waals surface area contributed by atoms with Crippen molar-refractivity contribution < 1.29 is 19.1 Å². The summed E-state index contributed by atoms with van der Waals surface area (Å²) < 4.78 is 10.8. The van der Waals surface area contributed by atoms with E-state index in [1.54, 1.807) is 6.92 Å². The first-order chi connectivity index (χ1) is 15.4. The van der Waals surface area contributed by atoms with Crippen molar-refractivity contribution in [3.05, 3.63) is 40.3 Å². The molecule has 3 aromatic rings. The number of unbranched alkanes of at least 4 members (excludes halogenated alkanes) is 1.